The number of carbonyl (C=O) groups is 4. The summed E-state index contributed by atoms with van der Waals surface area (Å²) in [6.45, 7) is 6.79. The van der Waals surface area contributed by atoms with Crippen molar-refractivity contribution < 1.29 is 48.3 Å². The minimum Gasteiger partial charge on any atom is -0.458 e. The Labute approximate surface area is 225 Å². The molecule has 0 radical (unpaired) electrons. The van der Waals surface area contributed by atoms with Crippen LogP contribution >= 0.6 is 0 Å². The van der Waals surface area contributed by atoms with Crippen LogP contribution in [-0.2, 0) is 38.1 Å². The molecule has 10 heteroatoms. The van der Waals surface area contributed by atoms with Gasteiger partial charge in [-0.25, -0.2) is 9.59 Å². The lowest BCUT2D eigenvalue weighted by molar-refractivity contribution is -0.303. The number of carbonyl (C=O) groups excluding carboxylic acids is 4. The molecule has 0 aromatic carbocycles. The molecule has 0 aromatic heterocycles. The van der Waals surface area contributed by atoms with Crippen molar-refractivity contribution in [1.82, 2.24) is 0 Å². The van der Waals surface area contributed by atoms with Crippen LogP contribution in [0.2, 0.25) is 0 Å². The summed E-state index contributed by atoms with van der Waals surface area (Å²) in [7, 11) is 1.53. The van der Waals surface area contributed by atoms with E-state index in [-0.39, 0.29) is 31.5 Å². The first-order valence-corrected chi connectivity index (χ1v) is 13.7. The first-order valence-electron chi connectivity index (χ1n) is 13.7. The van der Waals surface area contributed by atoms with Crippen LogP contribution in [0.5, 0.6) is 0 Å². The summed E-state index contributed by atoms with van der Waals surface area (Å²) in [6, 6.07) is 0. The van der Waals surface area contributed by atoms with E-state index in [1.807, 2.05) is 6.08 Å². The van der Waals surface area contributed by atoms with E-state index in [0.29, 0.717) is 5.57 Å². The molecule has 7 rings (SSSR count). The number of aliphatic hydroxyl groups is 2. The van der Waals surface area contributed by atoms with Crippen LogP contribution in [0.15, 0.2) is 23.8 Å². The molecule has 4 bridgehead atoms. The molecule has 1 spiro atoms. The number of rotatable bonds is 1. The van der Waals surface area contributed by atoms with E-state index < -0.39 is 87.0 Å². The molecular weight excluding hydrogens is 508 g/mol. The maximum atomic E-state index is 14.1. The quantitative estimate of drug-likeness (QED) is 0.366. The normalized spacial score (nSPS) is 56.7. The van der Waals surface area contributed by atoms with Gasteiger partial charge in [0.15, 0.2) is 11.2 Å². The minimum absolute atomic E-state index is 0.108. The Kier molecular flexibility index (Phi) is 4.57. The zero-order valence-electron chi connectivity index (χ0n) is 22.7. The largest absolute Gasteiger partial charge is 0.458 e. The summed E-state index contributed by atoms with van der Waals surface area (Å²) in [4.78, 5) is 54.7. The molecule has 39 heavy (non-hydrogen) atoms. The van der Waals surface area contributed by atoms with Crippen LogP contribution in [0, 0.1) is 34.5 Å². The summed E-state index contributed by atoms with van der Waals surface area (Å²) in [5.41, 5.74) is -9.80. The third-order valence-corrected chi connectivity index (χ3v) is 12.1. The Morgan fingerprint density at radius 1 is 1.05 bits per heavy atom. The predicted molar refractivity (Wildman–Crippen MR) is 130 cm³/mol. The van der Waals surface area contributed by atoms with Crippen LogP contribution in [0.3, 0.4) is 0 Å². The second kappa shape index (κ2) is 7.01. The molecule has 3 saturated heterocycles. The molecule has 210 valence electrons. The Balaban J connectivity index is 1.53. The smallest absolute Gasteiger partial charge is 0.343 e. The van der Waals surface area contributed by atoms with Crippen molar-refractivity contribution in [3.05, 3.63) is 23.8 Å². The average molecular weight is 543 g/mol. The van der Waals surface area contributed by atoms with Crippen LogP contribution in [0.25, 0.3) is 0 Å². The molecule has 0 aromatic rings. The number of ketones is 1. The second-order valence-electron chi connectivity index (χ2n) is 13.4. The highest BCUT2D eigenvalue weighted by molar-refractivity contribution is 5.95. The fourth-order valence-corrected chi connectivity index (χ4v) is 9.81. The summed E-state index contributed by atoms with van der Waals surface area (Å²) in [5, 5.41) is 25.2. The Morgan fingerprint density at radius 3 is 2.46 bits per heavy atom. The van der Waals surface area contributed by atoms with Crippen molar-refractivity contribution in [3.63, 3.8) is 0 Å². The van der Waals surface area contributed by atoms with E-state index in [4.69, 9.17) is 18.9 Å². The number of ether oxygens (including phenoxy) is 4. The molecule has 4 unspecified atom stereocenters. The molecule has 12 atom stereocenters. The van der Waals surface area contributed by atoms with Crippen molar-refractivity contribution in [2.24, 2.45) is 34.5 Å². The molecular formula is C29H34O10. The van der Waals surface area contributed by atoms with Crippen molar-refractivity contribution in [2.45, 2.75) is 88.0 Å². The van der Waals surface area contributed by atoms with Crippen LogP contribution in [-0.4, -0.2) is 75.6 Å². The van der Waals surface area contributed by atoms with Gasteiger partial charge in [0.2, 0.25) is 11.2 Å². The molecule has 3 aliphatic heterocycles. The standard InChI is InChI=1S/C29H34O10/c1-13-20(31)37-19-12-24(13,2)21-28(35)17-7-6-14-10-15(36-5)11-18(30)25(14,3)16(17)8-9-27(34)22(32)38-26(19,4)29(21,27)39-23(28)33/h6-7,10,13,15-17,19,21,34-35H,8-9,11-12H2,1-5H3/t13?,15-,16-,17+,19?,21?,24+,25-,26-,27?,28-,29-/m0/s1. The Morgan fingerprint density at radius 2 is 1.77 bits per heavy atom. The second-order valence-corrected chi connectivity index (χ2v) is 13.4. The Bertz CT molecular complexity index is 1320. The third kappa shape index (κ3) is 2.37. The first kappa shape index (κ1) is 25.4. The molecule has 3 heterocycles. The molecule has 2 saturated carbocycles. The predicted octanol–water partition coefficient (Wildman–Crippen LogP) is 1.16. The van der Waals surface area contributed by atoms with Crippen molar-refractivity contribution in [2.75, 3.05) is 7.11 Å². The molecule has 2 N–H and O–H groups in total. The van der Waals surface area contributed by atoms with E-state index in [2.05, 4.69) is 0 Å². The highest BCUT2D eigenvalue weighted by Gasteiger charge is 2.93. The number of hydrogen-bond donors (Lipinski definition) is 2. The maximum Gasteiger partial charge on any atom is 0.343 e. The van der Waals surface area contributed by atoms with E-state index in [0.717, 1.165) is 0 Å². The number of Topliss-reactive ketones (excluding diaryl/α,β-unsaturated/α-hetero) is 1. The summed E-state index contributed by atoms with van der Waals surface area (Å²) in [6.07, 6.45) is 4.32. The van der Waals surface area contributed by atoms with Gasteiger partial charge in [-0.3, -0.25) is 9.59 Å². The van der Waals surface area contributed by atoms with Gasteiger partial charge in [0.25, 0.3) is 0 Å². The summed E-state index contributed by atoms with van der Waals surface area (Å²) < 4.78 is 23.2. The van der Waals surface area contributed by atoms with Crippen LogP contribution in [0.4, 0.5) is 0 Å². The highest BCUT2D eigenvalue weighted by atomic mass is 16.7. The highest BCUT2D eigenvalue weighted by Crippen LogP contribution is 2.74. The zero-order valence-corrected chi connectivity index (χ0v) is 22.7. The fraction of sp³-hybridized carbons (Fsp3) is 0.724. The van der Waals surface area contributed by atoms with Crippen molar-refractivity contribution in [3.8, 4) is 0 Å². The number of hydrogen-bond acceptors (Lipinski definition) is 10. The van der Waals surface area contributed by atoms with Gasteiger partial charge < -0.3 is 29.2 Å². The molecule has 5 fully saturated rings. The fourth-order valence-electron chi connectivity index (χ4n) is 9.81. The van der Waals surface area contributed by atoms with Crippen LogP contribution in [0.1, 0.15) is 53.4 Å². The summed E-state index contributed by atoms with van der Waals surface area (Å²) in [5.74, 6) is -6.13. The lowest BCUT2D eigenvalue weighted by Gasteiger charge is -2.64. The van der Waals surface area contributed by atoms with Gasteiger partial charge in [-0.15, -0.1) is 0 Å². The first-order chi connectivity index (χ1) is 18.2. The minimum atomic E-state index is -2.32. The van der Waals surface area contributed by atoms with Gasteiger partial charge in [0, 0.05) is 19.4 Å². The summed E-state index contributed by atoms with van der Waals surface area (Å²) >= 11 is 0. The molecule has 10 nitrogen and oxygen atoms in total. The SMILES string of the molecule is CO[C@H]1C=C2C=C[C@@H]3[C@H](CCC4(O)C(=O)O[C@@]5(C)C6C[C@](C)(C(C)C(=O)O6)C6[C@]3(O)C(=O)O[C@]645)[C@@]2(C)C(=O)C1. The van der Waals surface area contributed by atoms with Crippen LogP contribution < -0.4 is 0 Å². The monoisotopic (exact) mass is 542 g/mol. The van der Waals surface area contributed by atoms with Crippen molar-refractivity contribution in [1.29, 1.82) is 0 Å². The van der Waals surface area contributed by atoms with E-state index in [1.165, 1.54) is 14.0 Å². The number of allylic oxidation sites excluding steroid dienone is 2. The Hall–Kier alpha value is -2.56. The molecule has 0 amide bonds. The van der Waals surface area contributed by atoms with Gasteiger partial charge in [0.05, 0.1) is 23.4 Å². The van der Waals surface area contributed by atoms with Gasteiger partial charge in [-0.1, -0.05) is 32.1 Å². The third-order valence-electron chi connectivity index (χ3n) is 12.1. The van der Waals surface area contributed by atoms with E-state index in [9.17, 15) is 29.4 Å². The lowest BCUT2D eigenvalue weighted by atomic mass is 9.40. The number of fused-ring (bicyclic) bond motifs is 7. The molecule has 7 aliphatic rings. The zero-order chi connectivity index (χ0) is 28.1. The topological polar surface area (TPSA) is 146 Å². The number of esters is 3. The van der Waals surface area contributed by atoms with Gasteiger partial charge in [-0.05, 0) is 50.0 Å². The van der Waals surface area contributed by atoms with Crippen molar-refractivity contribution >= 4 is 23.7 Å². The van der Waals surface area contributed by atoms with Gasteiger partial charge in [0.1, 0.15) is 11.9 Å². The van der Waals surface area contributed by atoms with Gasteiger partial charge >= 0.3 is 17.9 Å². The number of methoxy groups -OCH3 is 1. The van der Waals surface area contributed by atoms with E-state index in [1.54, 1.807) is 32.9 Å². The average Bonchev–Trinajstić information content (AvgIpc) is 3.23. The molecule has 4 aliphatic carbocycles. The van der Waals surface area contributed by atoms with E-state index >= 15 is 0 Å². The maximum absolute atomic E-state index is 14.1. The lowest BCUT2D eigenvalue weighted by Crippen LogP contribution is -2.80. The van der Waals surface area contributed by atoms with Gasteiger partial charge in [-0.2, -0.15) is 0 Å².